The van der Waals surface area contributed by atoms with E-state index in [-0.39, 0.29) is 0 Å². The van der Waals surface area contributed by atoms with Gasteiger partial charge in [0.25, 0.3) is 0 Å². The molecule has 4 rings (SSSR count). The Morgan fingerprint density at radius 1 is 0.500 bits per heavy atom. The lowest BCUT2D eigenvalue weighted by Gasteiger charge is -1.94. The van der Waals surface area contributed by atoms with Crippen molar-refractivity contribution in [2.45, 2.75) is 4.90 Å². The molecule has 0 aromatic heterocycles. The first-order valence-electron chi connectivity index (χ1n) is 9.43. The van der Waals surface area contributed by atoms with Gasteiger partial charge in [-0.1, -0.05) is 41.6 Å². The van der Waals surface area contributed by atoms with Crippen LogP contribution in [0, 0.1) is 35.5 Å². The maximum Gasteiger partial charge on any atom is 0.0667 e. The van der Waals surface area contributed by atoms with Crippen molar-refractivity contribution in [1.29, 1.82) is 0 Å². The second-order valence-electron chi connectivity index (χ2n) is 6.54. The summed E-state index contributed by atoms with van der Waals surface area (Å²) in [6, 6.07) is 23.7. The Hall–Kier alpha value is -4.05. The van der Waals surface area contributed by atoms with Crippen LogP contribution in [-0.4, -0.2) is 0 Å². The smallest absolute Gasteiger partial charge is 0.0667 e. The van der Waals surface area contributed by atoms with Crippen LogP contribution in [-0.2, 0) is 0 Å². The number of benzene rings is 3. The monoisotopic (exact) mass is 396 g/mol. The number of rotatable bonds is 0. The predicted molar refractivity (Wildman–Crippen MR) is 126 cm³/mol. The second-order valence-corrected chi connectivity index (χ2v) is 7.05. The summed E-state index contributed by atoms with van der Waals surface area (Å²) in [5.74, 6) is 18.9. The van der Waals surface area contributed by atoms with Crippen molar-refractivity contribution in [3.05, 3.63) is 130 Å². The van der Waals surface area contributed by atoms with Crippen LogP contribution in [0.15, 0.2) is 107 Å². The average molecular weight is 397 g/mol. The van der Waals surface area contributed by atoms with Crippen molar-refractivity contribution < 1.29 is 0 Å². The molecule has 3 aromatic rings. The zero-order chi connectivity index (χ0) is 20.6. The number of allylic oxidation sites excluding steroid dienone is 3. The normalized spacial score (nSPS) is 10.8. The zero-order valence-electron chi connectivity index (χ0n) is 16.1. The van der Waals surface area contributed by atoms with Crippen molar-refractivity contribution in [3.63, 3.8) is 0 Å². The van der Waals surface area contributed by atoms with Gasteiger partial charge < -0.3 is 0 Å². The predicted octanol–water partition coefficient (Wildman–Crippen LogP) is 5.78. The standard InChI is InChI=1S/C29H16S/c30-29-21-19-28(20-22-29)18-17-27-15-13-26(14-16-27)12-11-25-9-7-24(8-10-25)6-5-23-3-1-2-4-23/h1-3,7-10,13-16,19-22,30H. The Bertz CT molecular complexity index is 1340. The van der Waals surface area contributed by atoms with Gasteiger partial charge in [-0.2, -0.15) is 0 Å². The third kappa shape index (κ3) is 5.49. The molecule has 0 amide bonds. The van der Waals surface area contributed by atoms with Crippen LogP contribution in [0.4, 0.5) is 0 Å². The quantitative estimate of drug-likeness (QED) is 0.278. The fraction of sp³-hybridized carbons (Fsp3) is 0. The number of hydrogen-bond donors (Lipinski definition) is 1. The van der Waals surface area contributed by atoms with Crippen molar-refractivity contribution in [2.24, 2.45) is 0 Å². The molecule has 0 bridgehead atoms. The molecule has 0 N–H and O–H groups in total. The van der Waals surface area contributed by atoms with Gasteiger partial charge in [-0.3, -0.25) is 0 Å². The van der Waals surface area contributed by atoms with E-state index in [9.17, 15) is 0 Å². The molecule has 1 aliphatic rings. The highest BCUT2D eigenvalue weighted by molar-refractivity contribution is 7.80. The van der Waals surface area contributed by atoms with Crippen LogP contribution < -0.4 is 0 Å². The van der Waals surface area contributed by atoms with Gasteiger partial charge in [0.05, 0.1) is 5.57 Å². The van der Waals surface area contributed by atoms with E-state index in [4.69, 9.17) is 0 Å². The zero-order valence-corrected chi connectivity index (χ0v) is 17.0. The van der Waals surface area contributed by atoms with E-state index < -0.39 is 0 Å². The summed E-state index contributed by atoms with van der Waals surface area (Å²) >= 11 is 4.28. The summed E-state index contributed by atoms with van der Waals surface area (Å²) in [7, 11) is 0. The third-order valence-electron chi connectivity index (χ3n) is 4.28. The van der Waals surface area contributed by atoms with Gasteiger partial charge in [-0.15, -0.1) is 18.4 Å². The summed E-state index contributed by atoms with van der Waals surface area (Å²) in [4.78, 5) is 0.933. The summed E-state index contributed by atoms with van der Waals surface area (Å²) < 4.78 is 0. The van der Waals surface area contributed by atoms with Crippen LogP contribution >= 0.6 is 12.6 Å². The first-order chi connectivity index (χ1) is 14.7. The molecule has 0 saturated carbocycles. The van der Waals surface area contributed by atoms with E-state index in [1.54, 1.807) is 0 Å². The highest BCUT2D eigenvalue weighted by Gasteiger charge is 1.92. The van der Waals surface area contributed by atoms with Gasteiger partial charge in [0, 0.05) is 32.7 Å². The van der Waals surface area contributed by atoms with Crippen LogP contribution in [0.1, 0.15) is 27.8 Å². The summed E-state index contributed by atoms with van der Waals surface area (Å²) in [6.45, 7) is 0. The SMILES string of the molecule is Sc1ccc(C#Cc2ccc(C#Cc3ccc(C#CC4=C=CC=C4)cc3)cc2)cc1. The maximum absolute atomic E-state index is 4.28. The Labute approximate surface area is 183 Å². The fourth-order valence-corrected chi connectivity index (χ4v) is 2.80. The molecule has 1 heteroatoms. The number of hydrogen-bond acceptors (Lipinski definition) is 1. The van der Waals surface area contributed by atoms with Crippen molar-refractivity contribution in [3.8, 4) is 35.5 Å². The lowest BCUT2D eigenvalue weighted by molar-refractivity contribution is 1.46. The number of thiol groups is 1. The lowest BCUT2D eigenvalue weighted by atomic mass is 10.1. The van der Waals surface area contributed by atoms with Crippen molar-refractivity contribution >= 4 is 12.6 Å². The van der Waals surface area contributed by atoms with E-state index in [2.05, 4.69) is 53.9 Å². The van der Waals surface area contributed by atoms with Gasteiger partial charge >= 0.3 is 0 Å². The first-order valence-corrected chi connectivity index (χ1v) is 9.88. The van der Waals surface area contributed by atoms with E-state index in [1.165, 1.54) is 0 Å². The summed E-state index contributed by atoms with van der Waals surface area (Å²) in [5.41, 5.74) is 8.78. The third-order valence-corrected chi connectivity index (χ3v) is 4.58. The molecule has 1 aliphatic carbocycles. The molecule has 0 spiro atoms. The molecule has 0 aliphatic heterocycles. The first kappa shape index (κ1) is 19.3. The lowest BCUT2D eigenvalue weighted by Crippen LogP contribution is -1.80. The van der Waals surface area contributed by atoms with Gasteiger partial charge in [0.2, 0.25) is 0 Å². The Morgan fingerprint density at radius 3 is 1.23 bits per heavy atom. The van der Waals surface area contributed by atoms with Crippen LogP contribution in [0.2, 0.25) is 0 Å². The molecule has 0 saturated heterocycles. The summed E-state index contributed by atoms with van der Waals surface area (Å²) in [6.07, 6.45) is 5.75. The topological polar surface area (TPSA) is 0 Å². The molecule has 0 nitrogen and oxygen atoms in total. The van der Waals surface area contributed by atoms with Gasteiger partial charge in [0.15, 0.2) is 0 Å². The van der Waals surface area contributed by atoms with Gasteiger partial charge in [-0.25, -0.2) is 0 Å². The molecule has 0 unspecified atom stereocenters. The molecule has 30 heavy (non-hydrogen) atoms. The Morgan fingerprint density at radius 2 is 0.867 bits per heavy atom. The van der Waals surface area contributed by atoms with Gasteiger partial charge in [-0.05, 0) is 84.9 Å². The molecule has 3 aromatic carbocycles. The maximum atomic E-state index is 4.28. The molecular formula is C29H16S. The molecular weight excluding hydrogens is 380 g/mol. The van der Waals surface area contributed by atoms with E-state index in [0.29, 0.717) is 0 Å². The van der Waals surface area contributed by atoms with Crippen molar-refractivity contribution in [2.75, 3.05) is 0 Å². The van der Waals surface area contributed by atoms with Crippen molar-refractivity contribution in [1.82, 2.24) is 0 Å². The highest BCUT2D eigenvalue weighted by atomic mass is 32.1. The Kier molecular flexibility index (Phi) is 6.06. The summed E-state index contributed by atoms with van der Waals surface area (Å²) in [5, 5.41) is 0. The average Bonchev–Trinajstić information content (AvgIpc) is 3.31. The highest BCUT2D eigenvalue weighted by Crippen LogP contribution is 2.08. The molecule has 0 radical (unpaired) electrons. The largest absolute Gasteiger partial charge is 0.143 e. The minimum Gasteiger partial charge on any atom is -0.143 e. The minimum absolute atomic E-state index is 0.905. The van der Waals surface area contributed by atoms with Crippen LogP contribution in [0.5, 0.6) is 0 Å². The second kappa shape index (κ2) is 9.43. The molecule has 0 heterocycles. The van der Waals surface area contributed by atoms with E-state index in [0.717, 1.165) is 38.3 Å². The van der Waals surface area contributed by atoms with Crippen LogP contribution in [0.25, 0.3) is 0 Å². The van der Waals surface area contributed by atoms with Crippen LogP contribution in [0.3, 0.4) is 0 Å². The minimum atomic E-state index is 0.905. The fourth-order valence-electron chi connectivity index (χ4n) is 2.65. The Balaban J connectivity index is 1.41. The molecule has 0 fully saturated rings. The van der Waals surface area contributed by atoms with Gasteiger partial charge in [0.1, 0.15) is 0 Å². The molecule has 138 valence electrons. The molecule has 0 atom stereocenters. The van der Waals surface area contributed by atoms with E-state index >= 15 is 0 Å². The van der Waals surface area contributed by atoms with E-state index in [1.807, 2.05) is 91.0 Å².